The number of hydrogen-bond acceptors (Lipinski definition) is 2. The molecule has 4 aliphatic rings. The highest BCUT2D eigenvalue weighted by Crippen LogP contribution is 2.69. The molecule has 17 heavy (non-hydrogen) atoms. The van der Waals surface area contributed by atoms with Crippen LogP contribution < -0.4 is 10.6 Å². The first-order valence-electron chi connectivity index (χ1n) is 7.21. The van der Waals surface area contributed by atoms with Crippen LogP contribution in [0.15, 0.2) is 0 Å². The fourth-order valence-corrected chi connectivity index (χ4v) is 4.98. The molecule has 4 fully saturated rings. The van der Waals surface area contributed by atoms with E-state index in [4.69, 9.17) is 0 Å². The van der Waals surface area contributed by atoms with Gasteiger partial charge < -0.3 is 10.6 Å². The lowest BCUT2D eigenvalue weighted by atomic mass is 9.98. The van der Waals surface area contributed by atoms with E-state index in [-0.39, 0.29) is 5.54 Å². The summed E-state index contributed by atoms with van der Waals surface area (Å²) in [5.74, 6) is 4.09. The summed E-state index contributed by atoms with van der Waals surface area (Å²) < 4.78 is 0. The van der Waals surface area contributed by atoms with Gasteiger partial charge >= 0.3 is 0 Å². The van der Waals surface area contributed by atoms with E-state index >= 15 is 0 Å². The molecule has 0 aromatic carbocycles. The summed E-state index contributed by atoms with van der Waals surface area (Å²) >= 11 is 0. The van der Waals surface area contributed by atoms with Crippen LogP contribution in [0.25, 0.3) is 0 Å². The van der Waals surface area contributed by atoms with Crippen LogP contribution in [0.2, 0.25) is 0 Å². The number of hydrogen-bond donors (Lipinski definition) is 2. The smallest absolute Gasteiger partial charge is 0.224 e. The second-order valence-electron chi connectivity index (χ2n) is 6.99. The summed E-state index contributed by atoms with van der Waals surface area (Å²) in [7, 11) is 0. The second kappa shape index (κ2) is 3.25. The van der Waals surface area contributed by atoms with Gasteiger partial charge in [0.25, 0.3) is 0 Å². The van der Waals surface area contributed by atoms with E-state index < -0.39 is 0 Å². The Morgan fingerprint density at radius 2 is 2.00 bits per heavy atom. The van der Waals surface area contributed by atoms with Crippen LogP contribution in [0.3, 0.4) is 0 Å². The first-order valence-corrected chi connectivity index (χ1v) is 7.21. The zero-order chi connectivity index (χ0) is 11.6. The Morgan fingerprint density at radius 3 is 2.59 bits per heavy atom. The second-order valence-corrected chi connectivity index (χ2v) is 6.99. The number of carbonyl (C=O) groups excluding carboxylic acids is 1. The van der Waals surface area contributed by atoms with E-state index in [0.29, 0.717) is 11.8 Å². The maximum absolute atomic E-state index is 12.4. The van der Waals surface area contributed by atoms with Gasteiger partial charge in [-0.1, -0.05) is 0 Å². The summed E-state index contributed by atoms with van der Waals surface area (Å²) in [4.78, 5) is 12.4. The minimum atomic E-state index is 0.0209. The normalized spacial score (nSPS) is 54.8. The maximum atomic E-state index is 12.4. The van der Waals surface area contributed by atoms with Crippen molar-refractivity contribution in [2.45, 2.75) is 38.1 Å². The van der Waals surface area contributed by atoms with Crippen molar-refractivity contribution in [1.29, 1.82) is 0 Å². The average Bonchev–Trinajstić information content (AvgIpc) is 2.66. The summed E-state index contributed by atoms with van der Waals surface area (Å²) in [5, 5.41) is 6.66. The summed E-state index contributed by atoms with van der Waals surface area (Å²) in [6.07, 6.45) is 5.30. The molecule has 3 saturated carbocycles. The molecule has 1 saturated heterocycles. The predicted molar refractivity (Wildman–Crippen MR) is 65.3 cm³/mol. The Morgan fingerprint density at radius 1 is 1.29 bits per heavy atom. The molecule has 0 aromatic heterocycles. The van der Waals surface area contributed by atoms with E-state index in [9.17, 15) is 4.79 Å². The summed E-state index contributed by atoms with van der Waals surface area (Å²) in [6, 6.07) is 0. The SMILES string of the molecule is CC1(NC(=O)C2C3C4CCC(C4)C23)CCNC1. The molecule has 2 bridgehead atoms. The molecule has 94 valence electrons. The van der Waals surface area contributed by atoms with Gasteiger partial charge in [-0.15, -0.1) is 0 Å². The van der Waals surface area contributed by atoms with Crippen LogP contribution in [-0.2, 0) is 4.79 Å². The molecule has 0 radical (unpaired) electrons. The first kappa shape index (κ1) is 10.4. The number of rotatable bonds is 2. The first-order chi connectivity index (χ1) is 8.18. The quantitative estimate of drug-likeness (QED) is 0.752. The Bertz CT molecular complexity index is 345. The van der Waals surface area contributed by atoms with Crippen molar-refractivity contribution in [2.24, 2.45) is 29.6 Å². The van der Waals surface area contributed by atoms with Gasteiger partial charge in [0, 0.05) is 12.5 Å². The van der Waals surface area contributed by atoms with E-state index in [1.165, 1.54) is 19.3 Å². The monoisotopic (exact) mass is 234 g/mol. The molecule has 3 nitrogen and oxygen atoms in total. The molecule has 0 aromatic rings. The van der Waals surface area contributed by atoms with E-state index in [1.807, 2.05) is 0 Å². The van der Waals surface area contributed by atoms with Gasteiger partial charge in [0.05, 0.1) is 5.54 Å². The zero-order valence-corrected chi connectivity index (χ0v) is 10.5. The fourth-order valence-electron chi connectivity index (χ4n) is 4.98. The van der Waals surface area contributed by atoms with Gasteiger partial charge in [-0.2, -0.15) is 0 Å². The van der Waals surface area contributed by atoms with Crippen LogP contribution in [0.5, 0.6) is 0 Å². The molecule has 5 atom stereocenters. The number of amides is 1. The molecule has 3 aliphatic carbocycles. The summed E-state index contributed by atoms with van der Waals surface area (Å²) in [5.41, 5.74) is 0.0209. The Labute approximate surface area is 103 Å². The minimum Gasteiger partial charge on any atom is -0.349 e. The highest BCUT2D eigenvalue weighted by atomic mass is 16.2. The molecule has 1 aliphatic heterocycles. The van der Waals surface area contributed by atoms with Crippen LogP contribution in [0.1, 0.15) is 32.6 Å². The van der Waals surface area contributed by atoms with Crippen molar-refractivity contribution in [1.82, 2.24) is 10.6 Å². The lowest BCUT2D eigenvalue weighted by Gasteiger charge is -2.25. The van der Waals surface area contributed by atoms with Crippen molar-refractivity contribution in [3.05, 3.63) is 0 Å². The fraction of sp³-hybridized carbons (Fsp3) is 0.929. The molecule has 2 N–H and O–H groups in total. The highest BCUT2D eigenvalue weighted by Gasteiger charge is 2.67. The van der Waals surface area contributed by atoms with Crippen molar-refractivity contribution in [3.8, 4) is 0 Å². The molecule has 5 unspecified atom stereocenters. The van der Waals surface area contributed by atoms with Crippen molar-refractivity contribution in [3.63, 3.8) is 0 Å². The van der Waals surface area contributed by atoms with Crippen molar-refractivity contribution >= 4 is 5.91 Å². The van der Waals surface area contributed by atoms with Gasteiger partial charge in [0.2, 0.25) is 5.91 Å². The Kier molecular flexibility index (Phi) is 1.98. The van der Waals surface area contributed by atoms with Gasteiger partial charge in [-0.25, -0.2) is 0 Å². The van der Waals surface area contributed by atoms with Crippen LogP contribution in [0.4, 0.5) is 0 Å². The molecular weight excluding hydrogens is 212 g/mol. The van der Waals surface area contributed by atoms with Crippen LogP contribution in [-0.4, -0.2) is 24.5 Å². The number of carbonyl (C=O) groups is 1. The molecule has 4 rings (SSSR count). The summed E-state index contributed by atoms with van der Waals surface area (Å²) in [6.45, 7) is 4.16. The maximum Gasteiger partial charge on any atom is 0.224 e. The average molecular weight is 234 g/mol. The minimum absolute atomic E-state index is 0.0209. The standard InChI is InChI=1S/C14H22N2O/c1-14(4-5-15-7-14)16-13(17)12-10-8-2-3-9(6-8)11(10)12/h8-12,15H,2-7H2,1H3,(H,16,17). The van der Waals surface area contributed by atoms with Gasteiger partial charge in [-0.3, -0.25) is 4.79 Å². The van der Waals surface area contributed by atoms with Gasteiger partial charge in [0.15, 0.2) is 0 Å². The van der Waals surface area contributed by atoms with Crippen molar-refractivity contribution in [2.75, 3.05) is 13.1 Å². The van der Waals surface area contributed by atoms with E-state index in [2.05, 4.69) is 17.6 Å². The molecule has 1 heterocycles. The molecule has 1 amide bonds. The third kappa shape index (κ3) is 1.41. The number of nitrogens with one attached hydrogen (secondary N) is 2. The largest absolute Gasteiger partial charge is 0.349 e. The van der Waals surface area contributed by atoms with Crippen molar-refractivity contribution < 1.29 is 4.79 Å². The highest BCUT2D eigenvalue weighted by molar-refractivity contribution is 5.83. The Balaban J connectivity index is 1.43. The topological polar surface area (TPSA) is 41.1 Å². The van der Waals surface area contributed by atoms with Gasteiger partial charge in [-0.05, 0) is 62.8 Å². The van der Waals surface area contributed by atoms with Gasteiger partial charge in [0.1, 0.15) is 0 Å². The predicted octanol–water partition coefficient (Wildman–Crippen LogP) is 1.15. The third-order valence-corrected chi connectivity index (χ3v) is 5.83. The molecule has 0 spiro atoms. The molecule has 3 heteroatoms. The van der Waals surface area contributed by atoms with E-state index in [0.717, 1.165) is 43.2 Å². The molecular formula is C14H22N2O. The van der Waals surface area contributed by atoms with Crippen LogP contribution >= 0.6 is 0 Å². The van der Waals surface area contributed by atoms with Crippen LogP contribution in [0, 0.1) is 29.6 Å². The zero-order valence-electron chi connectivity index (χ0n) is 10.5. The lowest BCUT2D eigenvalue weighted by Crippen LogP contribution is -2.48. The van der Waals surface area contributed by atoms with E-state index in [1.54, 1.807) is 0 Å². The number of fused-ring (bicyclic) bond motifs is 5. The lowest BCUT2D eigenvalue weighted by molar-refractivity contribution is -0.124. The third-order valence-electron chi connectivity index (χ3n) is 5.83. The Hall–Kier alpha value is -0.570.